The molecule has 1 aliphatic heterocycles. The van der Waals surface area contributed by atoms with Crippen molar-refractivity contribution in [2.45, 2.75) is 75.0 Å². The second-order valence-electron chi connectivity index (χ2n) is 11.1. The number of phenols is 1. The predicted octanol–water partition coefficient (Wildman–Crippen LogP) is 6.01. The van der Waals surface area contributed by atoms with E-state index in [1.807, 2.05) is 24.3 Å². The Morgan fingerprint density at radius 2 is 1.45 bits per heavy atom. The van der Waals surface area contributed by atoms with Crippen LogP contribution in [0.15, 0.2) is 47.4 Å². The van der Waals surface area contributed by atoms with Gasteiger partial charge in [-0.3, -0.25) is 4.79 Å². The molecule has 1 atom stereocenters. The molecule has 3 aromatic rings. The molecule has 0 bridgehead atoms. The molecule has 1 aliphatic carbocycles. The summed E-state index contributed by atoms with van der Waals surface area (Å²) in [4.78, 5) is 13.2. The van der Waals surface area contributed by atoms with E-state index in [0.717, 1.165) is 31.2 Å². The van der Waals surface area contributed by atoms with E-state index in [4.69, 9.17) is 0 Å². The Balaban J connectivity index is 1.50. The molecular formula is C31H31F5N2O5S. The monoisotopic (exact) mass is 638 g/mol. The summed E-state index contributed by atoms with van der Waals surface area (Å²) < 4.78 is 98.0. The van der Waals surface area contributed by atoms with Crippen molar-refractivity contribution in [1.82, 2.24) is 4.31 Å². The van der Waals surface area contributed by atoms with Gasteiger partial charge in [-0.2, -0.15) is 4.31 Å². The number of nitrogens with zero attached hydrogens (tertiary/aromatic N) is 2. The van der Waals surface area contributed by atoms with Gasteiger partial charge in [-0.25, -0.2) is 30.4 Å². The van der Waals surface area contributed by atoms with E-state index >= 15 is 0 Å². The first-order valence-electron chi connectivity index (χ1n) is 14.3. The van der Waals surface area contributed by atoms with Crippen LogP contribution in [0.4, 0.5) is 27.6 Å². The van der Waals surface area contributed by atoms with Gasteiger partial charge < -0.3 is 15.1 Å². The predicted molar refractivity (Wildman–Crippen MR) is 151 cm³/mol. The highest BCUT2D eigenvalue weighted by molar-refractivity contribution is 7.89. The second kappa shape index (κ2) is 12.8. The molecular weight excluding hydrogens is 607 g/mol. The van der Waals surface area contributed by atoms with Crippen molar-refractivity contribution in [2.24, 2.45) is 0 Å². The topological polar surface area (TPSA) is 98.2 Å². The summed E-state index contributed by atoms with van der Waals surface area (Å²) in [5.74, 6) is -13.1. The third-order valence-corrected chi connectivity index (χ3v) is 10.4. The van der Waals surface area contributed by atoms with Crippen molar-refractivity contribution in [3.05, 3.63) is 88.2 Å². The fourth-order valence-corrected chi connectivity index (χ4v) is 7.81. The van der Waals surface area contributed by atoms with Gasteiger partial charge in [-0.05, 0) is 48.8 Å². The lowest BCUT2D eigenvalue weighted by molar-refractivity contribution is -0.121. The third-order valence-electron chi connectivity index (χ3n) is 8.44. The van der Waals surface area contributed by atoms with E-state index in [0.29, 0.717) is 15.8 Å². The van der Waals surface area contributed by atoms with Gasteiger partial charge in [0.15, 0.2) is 28.2 Å². The average Bonchev–Trinajstić information content (AvgIpc) is 3.53. The molecule has 2 fully saturated rings. The average molecular weight is 639 g/mol. The number of hydrogen-bond donors (Lipinski definition) is 2. The Bertz CT molecular complexity index is 1630. The maximum Gasteiger partial charge on any atom is 0.249 e. The highest BCUT2D eigenvalue weighted by Gasteiger charge is 2.45. The number of hydrogen-bond acceptors (Lipinski definition) is 5. The van der Waals surface area contributed by atoms with Crippen molar-refractivity contribution in [3.63, 3.8) is 0 Å². The van der Waals surface area contributed by atoms with Gasteiger partial charge in [0.2, 0.25) is 21.7 Å². The van der Waals surface area contributed by atoms with Crippen LogP contribution in [0.5, 0.6) is 5.75 Å². The molecule has 1 amide bonds. The SMILES string of the molecule is O=C([C@@H]1CCCN1S(=O)(=O)c1c(F)c(F)c(F)c(F)c1F)N(Cc1ccc(C2CCCCC2)cc1)c1ccc(CO)c(O)c1. The van der Waals surface area contributed by atoms with Crippen LogP contribution in [0, 0.1) is 29.1 Å². The van der Waals surface area contributed by atoms with Gasteiger partial charge in [-0.15, -0.1) is 0 Å². The van der Waals surface area contributed by atoms with Crippen LogP contribution >= 0.6 is 0 Å². The number of aliphatic hydroxyl groups excluding tert-OH is 1. The van der Waals surface area contributed by atoms with E-state index in [2.05, 4.69) is 0 Å². The molecule has 3 aromatic carbocycles. The highest BCUT2D eigenvalue weighted by atomic mass is 32.2. The smallest absolute Gasteiger partial charge is 0.249 e. The highest BCUT2D eigenvalue weighted by Crippen LogP contribution is 2.36. The quantitative estimate of drug-likeness (QED) is 0.179. The van der Waals surface area contributed by atoms with Crippen molar-refractivity contribution in [3.8, 4) is 5.75 Å². The Labute approximate surface area is 251 Å². The van der Waals surface area contributed by atoms with E-state index < -0.39 is 69.1 Å². The first kappa shape index (κ1) is 31.9. The Morgan fingerprint density at radius 1 is 0.841 bits per heavy atom. The number of halogens is 5. The van der Waals surface area contributed by atoms with Gasteiger partial charge >= 0.3 is 0 Å². The molecule has 1 saturated heterocycles. The molecule has 7 nitrogen and oxygen atoms in total. The number of rotatable bonds is 8. The largest absolute Gasteiger partial charge is 0.508 e. The lowest BCUT2D eigenvalue weighted by Gasteiger charge is -2.30. The number of aliphatic hydroxyl groups is 1. The zero-order chi connectivity index (χ0) is 31.8. The normalized spacial score (nSPS) is 18.1. The van der Waals surface area contributed by atoms with E-state index in [-0.39, 0.29) is 36.4 Å². The fraction of sp³-hybridized carbons (Fsp3) is 0.387. The van der Waals surface area contributed by atoms with Crippen LogP contribution < -0.4 is 4.90 Å². The Kier molecular flexibility index (Phi) is 9.28. The lowest BCUT2D eigenvalue weighted by atomic mass is 9.84. The van der Waals surface area contributed by atoms with Crippen molar-refractivity contribution < 1.29 is 45.4 Å². The molecule has 2 N–H and O–H groups in total. The molecule has 0 aromatic heterocycles. The van der Waals surface area contributed by atoms with Crippen LogP contribution in [0.2, 0.25) is 0 Å². The van der Waals surface area contributed by atoms with Gasteiger partial charge in [0.1, 0.15) is 11.8 Å². The van der Waals surface area contributed by atoms with Gasteiger partial charge in [0, 0.05) is 23.9 Å². The molecule has 1 heterocycles. The number of carbonyl (C=O) groups is 1. The van der Waals surface area contributed by atoms with Crippen LogP contribution in [0.3, 0.4) is 0 Å². The van der Waals surface area contributed by atoms with E-state index in [9.17, 15) is 45.4 Å². The third kappa shape index (κ3) is 5.92. The van der Waals surface area contributed by atoms with Crippen LogP contribution in [0.1, 0.15) is 67.6 Å². The zero-order valence-corrected chi connectivity index (χ0v) is 24.4. The molecule has 0 unspecified atom stereocenters. The van der Waals surface area contributed by atoms with Crippen LogP contribution in [-0.2, 0) is 28.0 Å². The minimum Gasteiger partial charge on any atom is -0.508 e. The van der Waals surface area contributed by atoms with Crippen molar-refractivity contribution in [1.29, 1.82) is 0 Å². The summed E-state index contributed by atoms with van der Waals surface area (Å²) in [6.45, 7) is -0.981. The molecule has 236 valence electrons. The lowest BCUT2D eigenvalue weighted by Crippen LogP contribution is -2.48. The second-order valence-corrected chi connectivity index (χ2v) is 13.0. The van der Waals surface area contributed by atoms with E-state index in [1.54, 1.807) is 0 Å². The summed E-state index contributed by atoms with van der Waals surface area (Å²) in [6.07, 6.45) is 5.63. The molecule has 5 rings (SSSR count). The summed E-state index contributed by atoms with van der Waals surface area (Å²) in [5, 5.41) is 19.9. The van der Waals surface area contributed by atoms with Gasteiger partial charge in [0.05, 0.1) is 13.2 Å². The standard InChI is InChI=1S/C31H31F5N2O5S/c32-25-26(33)28(35)30(29(36)27(25)34)44(42,43)38-14-4-7-23(38)31(41)37(22-13-12-21(17-39)24(40)15-22)16-18-8-10-20(11-9-18)19-5-2-1-3-6-19/h8-13,15,19,23,39-40H,1-7,14,16-17H2/t23-/m0/s1. The summed E-state index contributed by atoms with van der Waals surface area (Å²) in [6, 6.07) is 10.1. The number of carbonyl (C=O) groups excluding carboxylic acids is 1. The summed E-state index contributed by atoms with van der Waals surface area (Å²) in [7, 11) is -5.37. The molecule has 1 saturated carbocycles. The number of anilines is 1. The Morgan fingerprint density at radius 3 is 2.05 bits per heavy atom. The van der Waals surface area contributed by atoms with E-state index in [1.165, 1.54) is 29.5 Å². The fourth-order valence-electron chi connectivity index (χ4n) is 6.05. The van der Waals surface area contributed by atoms with Crippen LogP contribution in [0.25, 0.3) is 0 Å². The number of amides is 1. The van der Waals surface area contributed by atoms with Gasteiger partial charge in [-0.1, -0.05) is 49.6 Å². The molecule has 0 radical (unpaired) electrons. The number of benzene rings is 3. The summed E-state index contributed by atoms with van der Waals surface area (Å²) >= 11 is 0. The maximum absolute atomic E-state index is 14.6. The van der Waals surface area contributed by atoms with Gasteiger partial charge in [0.25, 0.3) is 0 Å². The minimum absolute atomic E-state index is 0.0731. The minimum atomic E-state index is -5.37. The molecule has 44 heavy (non-hydrogen) atoms. The summed E-state index contributed by atoms with van der Waals surface area (Å²) in [5.41, 5.74) is 2.14. The first-order valence-corrected chi connectivity index (χ1v) is 15.8. The number of sulfonamides is 1. The maximum atomic E-state index is 14.6. The Hall–Kier alpha value is -3.55. The molecule has 0 spiro atoms. The zero-order valence-electron chi connectivity index (χ0n) is 23.6. The van der Waals surface area contributed by atoms with Crippen LogP contribution in [-0.4, -0.2) is 41.4 Å². The molecule has 13 heteroatoms. The number of aromatic hydroxyl groups is 1. The molecule has 2 aliphatic rings. The van der Waals surface area contributed by atoms with Crippen molar-refractivity contribution in [2.75, 3.05) is 11.4 Å². The first-order chi connectivity index (χ1) is 20.9. The van der Waals surface area contributed by atoms with Crippen molar-refractivity contribution >= 4 is 21.6 Å².